The lowest BCUT2D eigenvalue weighted by molar-refractivity contribution is 0.242. The summed E-state index contributed by atoms with van der Waals surface area (Å²) < 4.78 is 18.3. The maximum Gasteiger partial charge on any atom is 0.320 e. The molecule has 1 saturated carbocycles. The van der Waals surface area contributed by atoms with Crippen LogP contribution >= 0.6 is 0 Å². The van der Waals surface area contributed by atoms with Gasteiger partial charge in [0.25, 0.3) is 0 Å². The van der Waals surface area contributed by atoms with Crippen LogP contribution in [0.15, 0.2) is 24.8 Å². The van der Waals surface area contributed by atoms with Gasteiger partial charge in [-0.3, -0.25) is 10.3 Å². The minimum absolute atomic E-state index is 0.00747. The molecule has 0 saturated heterocycles. The SMILES string of the molecule is COc1ncc(-c2cnc(NC(=O)NCC3(F)CC3)cn2)cn1. The van der Waals surface area contributed by atoms with Crippen LogP contribution in [0.4, 0.5) is 15.0 Å². The second kappa shape index (κ2) is 6.11. The summed E-state index contributed by atoms with van der Waals surface area (Å²) in [4.78, 5) is 27.8. The summed E-state index contributed by atoms with van der Waals surface area (Å²) in [6, 6.07) is -0.248. The van der Waals surface area contributed by atoms with Crippen molar-refractivity contribution in [3.8, 4) is 17.3 Å². The van der Waals surface area contributed by atoms with Crippen LogP contribution < -0.4 is 15.4 Å². The molecule has 0 spiro atoms. The minimum Gasteiger partial charge on any atom is -0.467 e. The van der Waals surface area contributed by atoms with E-state index in [0.717, 1.165) is 0 Å². The van der Waals surface area contributed by atoms with Crippen LogP contribution in [-0.2, 0) is 0 Å². The molecule has 2 aromatic heterocycles. The molecule has 1 fully saturated rings. The van der Waals surface area contributed by atoms with E-state index in [9.17, 15) is 9.18 Å². The molecule has 2 amide bonds. The van der Waals surface area contributed by atoms with Crippen molar-refractivity contribution in [3.05, 3.63) is 24.8 Å². The normalized spacial score (nSPS) is 14.9. The predicted octanol–water partition coefficient (Wildman–Crippen LogP) is 1.57. The van der Waals surface area contributed by atoms with Gasteiger partial charge in [-0.25, -0.2) is 24.1 Å². The molecular weight excluding hydrogens is 303 g/mol. The third-order valence-electron chi connectivity index (χ3n) is 3.36. The number of anilines is 1. The molecule has 0 aromatic carbocycles. The van der Waals surface area contributed by atoms with Crippen LogP contribution in [0.5, 0.6) is 6.01 Å². The maximum atomic E-state index is 13.4. The molecule has 1 aliphatic rings. The van der Waals surface area contributed by atoms with E-state index in [1.165, 1.54) is 19.5 Å². The molecule has 0 atom stereocenters. The number of ether oxygens (including phenoxy) is 1. The third kappa shape index (κ3) is 3.87. The van der Waals surface area contributed by atoms with E-state index in [-0.39, 0.29) is 18.4 Å². The third-order valence-corrected chi connectivity index (χ3v) is 3.36. The lowest BCUT2D eigenvalue weighted by Gasteiger charge is -2.09. The Hall–Kier alpha value is -2.84. The molecule has 1 aliphatic carbocycles. The van der Waals surface area contributed by atoms with Crippen LogP contribution in [0, 0.1) is 0 Å². The average Bonchev–Trinajstić information content (AvgIpc) is 3.32. The average molecular weight is 318 g/mol. The molecule has 0 unspecified atom stereocenters. The first-order valence-corrected chi connectivity index (χ1v) is 7.00. The first-order valence-electron chi connectivity index (χ1n) is 7.00. The molecule has 8 nitrogen and oxygen atoms in total. The smallest absolute Gasteiger partial charge is 0.320 e. The largest absolute Gasteiger partial charge is 0.467 e. The molecule has 0 radical (unpaired) electrons. The number of alkyl halides is 1. The zero-order valence-electron chi connectivity index (χ0n) is 12.4. The zero-order chi connectivity index (χ0) is 16.3. The van der Waals surface area contributed by atoms with Crippen molar-refractivity contribution in [2.45, 2.75) is 18.5 Å². The number of urea groups is 1. The summed E-state index contributed by atoms with van der Waals surface area (Å²) >= 11 is 0. The van der Waals surface area contributed by atoms with Gasteiger partial charge < -0.3 is 10.1 Å². The second-order valence-electron chi connectivity index (χ2n) is 5.20. The molecule has 23 heavy (non-hydrogen) atoms. The number of hydrogen-bond donors (Lipinski definition) is 2. The Morgan fingerprint density at radius 3 is 2.52 bits per heavy atom. The Kier molecular flexibility index (Phi) is 4.00. The van der Waals surface area contributed by atoms with Gasteiger partial charge in [-0.05, 0) is 12.8 Å². The van der Waals surface area contributed by atoms with Gasteiger partial charge in [-0.2, -0.15) is 0 Å². The van der Waals surface area contributed by atoms with Gasteiger partial charge in [0, 0.05) is 18.0 Å². The van der Waals surface area contributed by atoms with E-state index >= 15 is 0 Å². The highest BCUT2D eigenvalue weighted by Crippen LogP contribution is 2.38. The first kappa shape index (κ1) is 15.1. The highest BCUT2D eigenvalue weighted by molar-refractivity contribution is 5.88. The fourth-order valence-corrected chi connectivity index (χ4v) is 1.81. The van der Waals surface area contributed by atoms with E-state index in [1.54, 1.807) is 12.4 Å². The summed E-state index contributed by atoms with van der Waals surface area (Å²) in [7, 11) is 1.48. The number of hydrogen-bond acceptors (Lipinski definition) is 6. The number of methoxy groups -OCH3 is 1. The summed E-state index contributed by atoms with van der Waals surface area (Å²) in [5, 5.41) is 4.96. The minimum atomic E-state index is -1.23. The standard InChI is InChI=1S/C14H15FN6O2/c1-23-13-18-4-9(5-19-13)10-6-17-11(7-16-10)21-12(22)20-8-14(15)2-3-14/h4-7H,2-3,8H2,1H3,(H2,17,20,21,22). The van der Waals surface area contributed by atoms with Gasteiger partial charge in [0.05, 0.1) is 31.7 Å². The van der Waals surface area contributed by atoms with Crippen molar-refractivity contribution in [2.75, 3.05) is 19.0 Å². The van der Waals surface area contributed by atoms with E-state index in [2.05, 4.69) is 30.6 Å². The molecule has 0 aliphatic heterocycles. The summed E-state index contributed by atoms with van der Waals surface area (Å²) in [5.74, 6) is 0.268. The van der Waals surface area contributed by atoms with Gasteiger partial charge in [-0.1, -0.05) is 0 Å². The molecule has 0 bridgehead atoms. The van der Waals surface area contributed by atoms with Gasteiger partial charge in [-0.15, -0.1) is 0 Å². The van der Waals surface area contributed by atoms with Crippen molar-refractivity contribution < 1.29 is 13.9 Å². The van der Waals surface area contributed by atoms with E-state index < -0.39 is 11.7 Å². The number of nitrogens with zero attached hydrogens (tertiary/aromatic N) is 4. The van der Waals surface area contributed by atoms with Crippen molar-refractivity contribution in [1.82, 2.24) is 25.3 Å². The number of halogens is 1. The van der Waals surface area contributed by atoms with Crippen LogP contribution in [-0.4, -0.2) is 45.3 Å². The van der Waals surface area contributed by atoms with E-state index in [0.29, 0.717) is 24.1 Å². The number of carbonyl (C=O) groups excluding carboxylic acids is 1. The summed E-state index contributed by atoms with van der Waals surface area (Å²) in [6.07, 6.45) is 7.00. The van der Waals surface area contributed by atoms with Crippen molar-refractivity contribution in [2.24, 2.45) is 0 Å². The van der Waals surface area contributed by atoms with E-state index in [4.69, 9.17) is 4.74 Å². The zero-order valence-corrected chi connectivity index (χ0v) is 12.4. The molecule has 2 aromatic rings. The maximum absolute atomic E-state index is 13.4. The highest BCUT2D eigenvalue weighted by atomic mass is 19.1. The number of carbonyl (C=O) groups is 1. The topological polar surface area (TPSA) is 102 Å². The quantitative estimate of drug-likeness (QED) is 0.867. The summed E-state index contributed by atoms with van der Waals surface area (Å²) in [5.41, 5.74) is -0.0111. The number of nitrogens with one attached hydrogen (secondary N) is 2. The molecule has 2 N–H and O–H groups in total. The molecule has 2 heterocycles. The van der Waals surface area contributed by atoms with Crippen molar-refractivity contribution in [1.29, 1.82) is 0 Å². The first-order chi connectivity index (χ1) is 11.1. The second-order valence-corrected chi connectivity index (χ2v) is 5.20. The fourth-order valence-electron chi connectivity index (χ4n) is 1.81. The van der Waals surface area contributed by atoms with Gasteiger partial charge in [0.2, 0.25) is 0 Å². The van der Waals surface area contributed by atoms with Crippen molar-refractivity contribution in [3.63, 3.8) is 0 Å². The Labute approximate surface area is 131 Å². The predicted molar refractivity (Wildman–Crippen MR) is 79.7 cm³/mol. The van der Waals surface area contributed by atoms with Gasteiger partial charge in [0.1, 0.15) is 5.67 Å². The van der Waals surface area contributed by atoms with Crippen LogP contribution in [0.1, 0.15) is 12.8 Å². The Balaban J connectivity index is 1.58. The Morgan fingerprint density at radius 2 is 1.96 bits per heavy atom. The molecule has 9 heteroatoms. The monoisotopic (exact) mass is 318 g/mol. The lowest BCUT2D eigenvalue weighted by Crippen LogP contribution is -2.34. The summed E-state index contributed by atoms with van der Waals surface area (Å²) in [6.45, 7) is 0.00747. The van der Waals surface area contributed by atoms with Crippen LogP contribution in [0.25, 0.3) is 11.3 Å². The van der Waals surface area contributed by atoms with Gasteiger partial charge >= 0.3 is 12.0 Å². The number of aromatic nitrogens is 4. The van der Waals surface area contributed by atoms with Crippen LogP contribution in [0.2, 0.25) is 0 Å². The van der Waals surface area contributed by atoms with Crippen LogP contribution in [0.3, 0.4) is 0 Å². The fraction of sp³-hybridized carbons (Fsp3) is 0.357. The molecule has 120 valence electrons. The Morgan fingerprint density at radius 1 is 1.22 bits per heavy atom. The molecular formula is C14H15FN6O2. The highest BCUT2D eigenvalue weighted by Gasteiger charge is 2.43. The van der Waals surface area contributed by atoms with Gasteiger partial charge in [0.15, 0.2) is 5.82 Å². The lowest BCUT2D eigenvalue weighted by atomic mass is 10.2. The van der Waals surface area contributed by atoms with Crippen molar-refractivity contribution >= 4 is 11.8 Å². The Bertz CT molecular complexity index is 687. The number of rotatable bonds is 5. The van der Waals surface area contributed by atoms with E-state index in [1.807, 2.05) is 0 Å². The molecule has 3 rings (SSSR count). The number of amides is 2.